The Morgan fingerprint density at radius 2 is 1.88 bits per heavy atom. The third kappa shape index (κ3) is 6.26. The van der Waals surface area contributed by atoms with Crippen LogP contribution in [0.25, 0.3) is 11.3 Å². The van der Waals surface area contributed by atoms with Gasteiger partial charge in [0.25, 0.3) is 10.0 Å². The Morgan fingerprint density at radius 1 is 1.12 bits per heavy atom. The molecule has 4 heterocycles. The molecule has 4 aromatic rings. The number of nitrogens with one attached hydrogen (secondary N) is 2. The van der Waals surface area contributed by atoms with Crippen LogP contribution in [0.1, 0.15) is 29.7 Å². The fourth-order valence-electron chi connectivity index (χ4n) is 4.41. The molecule has 0 radical (unpaired) electrons. The lowest BCUT2D eigenvalue weighted by Crippen LogP contribution is -2.45. The molecular formula is C29H28ClN5O3S2. The summed E-state index contributed by atoms with van der Waals surface area (Å²) >= 11 is 6.93. The number of rotatable bonds is 9. The summed E-state index contributed by atoms with van der Waals surface area (Å²) in [7, 11) is -3.87. The SMILES string of the molecule is Cc1ccc(-c2cc(CNC(=O)[C@@H]3C=CCN3S(=O)(=O)c3ccc(Cl)s3)cc(NC(C)c3ccncc3)n2)cc1. The topological polar surface area (TPSA) is 104 Å². The molecular weight excluding hydrogens is 566 g/mol. The molecule has 0 saturated carbocycles. The zero-order chi connectivity index (χ0) is 28.3. The van der Waals surface area contributed by atoms with E-state index in [-0.39, 0.29) is 23.3 Å². The van der Waals surface area contributed by atoms with E-state index in [1.54, 1.807) is 24.5 Å². The molecule has 1 unspecified atom stereocenters. The Balaban J connectivity index is 1.36. The zero-order valence-electron chi connectivity index (χ0n) is 21.9. The molecule has 1 amide bonds. The van der Waals surface area contributed by atoms with E-state index < -0.39 is 22.0 Å². The van der Waals surface area contributed by atoms with Gasteiger partial charge in [0.1, 0.15) is 16.1 Å². The first-order chi connectivity index (χ1) is 19.2. The standard InChI is InChI=1S/C29H28ClN5O3S2/c1-19-5-7-23(8-6-19)24-16-21(17-27(34-24)33-20(2)22-11-13-31-14-12-22)18-32-29(36)25-4-3-15-35(25)40(37,38)28-10-9-26(30)39-28/h3-14,16-17,20,25H,15,18H2,1-2H3,(H,32,36)(H,33,34)/t20?,25-/m0/s1. The van der Waals surface area contributed by atoms with Crippen LogP contribution in [0.15, 0.2) is 89.4 Å². The zero-order valence-corrected chi connectivity index (χ0v) is 24.3. The number of hydrogen-bond donors (Lipinski definition) is 2. The van der Waals surface area contributed by atoms with E-state index in [0.717, 1.165) is 39.3 Å². The average Bonchev–Trinajstić information content (AvgIpc) is 3.63. The number of pyridine rings is 2. The number of aryl methyl sites for hydroxylation is 1. The van der Waals surface area contributed by atoms with Crippen LogP contribution in [-0.2, 0) is 21.4 Å². The third-order valence-electron chi connectivity index (χ3n) is 6.56. The van der Waals surface area contributed by atoms with E-state index in [1.165, 1.54) is 16.4 Å². The lowest BCUT2D eigenvalue weighted by atomic mass is 10.1. The van der Waals surface area contributed by atoms with E-state index in [2.05, 4.69) is 15.6 Å². The highest BCUT2D eigenvalue weighted by atomic mass is 35.5. The molecule has 0 spiro atoms. The predicted octanol–water partition coefficient (Wildman–Crippen LogP) is 5.59. The molecule has 1 aliphatic rings. The molecule has 1 aliphatic heterocycles. The second-order valence-electron chi connectivity index (χ2n) is 9.48. The van der Waals surface area contributed by atoms with Gasteiger partial charge in [-0.25, -0.2) is 13.4 Å². The molecule has 2 N–H and O–H groups in total. The normalized spacial score (nSPS) is 16.1. The Kier molecular flexibility index (Phi) is 8.32. The molecule has 1 aromatic carbocycles. The summed E-state index contributed by atoms with van der Waals surface area (Å²) in [5.41, 5.74) is 4.74. The summed E-state index contributed by atoms with van der Waals surface area (Å²) in [6.07, 6.45) is 6.79. The van der Waals surface area contributed by atoms with Crippen molar-refractivity contribution in [3.05, 3.63) is 106 Å². The maximum Gasteiger partial charge on any atom is 0.253 e. The summed E-state index contributed by atoms with van der Waals surface area (Å²) in [5.74, 6) is 0.250. The minimum atomic E-state index is -3.87. The Hall–Kier alpha value is -3.57. The molecule has 0 bridgehead atoms. The monoisotopic (exact) mass is 593 g/mol. The van der Waals surface area contributed by atoms with E-state index in [0.29, 0.717) is 10.2 Å². The number of carbonyl (C=O) groups is 1. The summed E-state index contributed by atoms with van der Waals surface area (Å²) in [6, 6.07) is 17.8. The number of thiophene rings is 1. The summed E-state index contributed by atoms with van der Waals surface area (Å²) in [5, 5.41) is 6.37. The predicted molar refractivity (Wildman–Crippen MR) is 159 cm³/mol. The first-order valence-corrected chi connectivity index (χ1v) is 15.3. The maximum absolute atomic E-state index is 13.2. The second kappa shape index (κ2) is 11.9. The number of hydrogen-bond acceptors (Lipinski definition) is 7. The molecule has 40 heavy (non-hydrogen) atoms. The van der Waals surface area contributed by atoms with Crippen molar-refractivity contribution in [2.75, 3.05) is 11.9 Å². The van der Waals surface area contributed by atoms with Gasteiger partial charge in [0.15, 0.2) is 0 Å². The molecule has 5 rings (SSSR count). The highest BCUT2D eigenvalue weighted by Crippen LogP contribution is 2.31. The van der Waals surface area contributed by atoms with E-state index in [1.807, 2.05) is 62.4 Å². The maximum atomic E-state index is 13.2. The van der Waals surface area contributed by atoms with Crippen molar-refractivity contribution >= 4 is 44.7 Å². The van der Waals surface area contributed by atoms with Gasteiger partial charge in [0.2, 0.25) is 5.91 Å². The van der Waals surface area contributed by atoms with Crippen LogP contribution in [-0.4, -0.2) is 41.2 Å². The molecule has 11 heteroatoms. The molecule has 0 saturated heterocycles. The number of benzene rings is 1. The number of anilines is 1. The van der Waals surface area contributed by atoms with Crippen LogP contribution in [0.5, 0.6) is 0 Å². The summed E-state index contributed by atoms with van der Waals surface area (Å²) in [6.45, 7) is 4.38. The lowest BCUT2D eigenvalue weighted by Gasteiger charge is -2.22. The molecule has 2 atom stereocenters. The van der Waals surface area contributed by atoms with E-state index in [9.17, 15) is 13.2 Å². The van der Waals surface area contributed by atoms with Crippen LogP contribution in [0.4, 0.5) is 5.82 Å². The second-order valence-corrected chi connectivity index (χ2v) is 13.3. The first-order valence-electron chi connectivity index (χ1n) is 12.7. The quantitative estimate of drug-likeness (QED) is 0.245. The average molecular weight is 594 g/mol. The van der Waals surface area contributed by atoms with Gasteiger partial charge in [-0.3, -0.25) is 9.78 Å². The number of sulfonamides is 1. The van der Waals surface area contributed by atoms with Crippen molar-refractivity contribution in [2.24, 2.45) is 0 Å². The van der Waals surface area contributed by atoms with E-state index >= 15 is 0 Å². The fourth-order valence-corrected chi connectivity index (χ4v) is 7.52. The Labute approximate surface area is 242 Å². The van der Waals surface area contributed by atoms with Crippen LogP contribution in [0.3, 0.4) is 0 Å². The van der Waals surface area contributed by atoms with Gasteiger partial charge in [0.05, 0.1) is 16.1 Å². The first kappa shape index (κ1) is 28.0. The highest BCUT2D eigenvalue weighted by molar-refractivity contribution is 7.91. The number of amides is 1. The molecule has 3 aromatic heterocycles. The van der Waals surface area contributed by atoms with Crippen molar-refractivity contribution in [1.82, 2.24) is 19.6 Å². The Morgan fingerprint density at radius 3 is 2.58 bits per heavy atom. The van der Waals surface area contributed by atoms with Crippen LogP contribution in [0.2, 0.25) is 4.34 Å². The lowest BCUT2D eigenvalue weighted by molar-refractivity contribution is -0.123. The van der Waals surface area contributed by atoms with Crippen molar-refractivity contribution < 1.29 is 13.2 Å². The summed E-state index contributed by atoms with van der Waals surface area (Å²) in [4.78, 5) is 22.1. The fraction of sp³-hybridized carbons (Fsp3) is 0.207. The van der Waals surface area contributed by atoms with Gasteiger partial charge < -0.3 is 10.6 Å². The molecule has 8 nitrogen and oxygen atoms in total. The minimum Gasteiger partial charge on any atom is -0.364 e. The number of carbonyl (C=O) groups excluding carboxylic acids is 1. The minimum absolute atomic E-state index is 0.0284. The molecule has 0 fully saturated rings. The van der Waals surface area contributed by atoms with Crippen molar-refractivity contribution in [2.45, 2.75) is 36.7 Å². The van der Waals surface area contributed by atoms with Gasteiger partial charge in [0, 0.05) is 31.0 Å². The highest BCUT2D eigenvalue weighted by Gasteiger charge is 2.37. The van der Waals surface area contributed by atoms with Gasteiger partial charge in [-0.1, -0.05) is 53.6 Å². The molecule has 0 aliphatic carbocycles. The van der Waals surface area contributed by atoms with Gasteiger partial charge in [-0.05, 0) is 61.4 Å². The van der Waals surface area contributed by atoms with Crippen molar-refractivity contribution in [1.29, 1.82) is 0 Å². The largest absolute Gasteiger partial charge is 0.364 e. The van der Waals surface area contributed by atoms with Crippen molar-refractivity contribution in [3.63, 3.8) is 0 Å². The number of nitrogens with zero attached hydrogens (tertiary/aromatic N) is 3. The summed E-state index contributed by atoms with van der Waals surface area (Å²) < 4.78 is 28.0. The third-order valence-corrected chi connectivity index (χ3v) is 10.1. The van der Waals surface area contributed by atoms with Crippen LogP contribution in [0, 0.1) is 6.92 Å². The van der Waals surface area contributed by atoms with Gasteiger partial charge >= 0.3 is 0 Å². The molecule has 206 valence electrons. The Bertz CT molecular complexity index is 1640. The van der Waals surface area contributed by atoms with Crippen molar-refractivity contribution in [3.8, 4) is 11.3 Å². The van der Waals surface area contributed by atoms with Gasteiger partial charge in [-0.15, -0.1) is 11.3 Å². The smallest absolute Gasteiger partial charge is 0.253 e. The van der Waals surface area contributed by atoms with Crippen LogP contribution < -0.4 is 10.6 Å². The number of aromatic nitrogens is 2. The van der Waals surface area contributed by atoms with E-state index in [4.69, 9.17) is 16.6 Å². The van der Waals surface area contributed by atoms with Gasteiger partial charge in [-0.2, -0.15) is 4.31 Å². The number of halogens is 1. The van der Waals surface area contributed by atoms with Crippen LogP contribution >= 0.6 is 22.9 Å².